The van der Waals surface area contributed by atoms with Crippen LogP contribution in [0.5, 0.6) is 0 Å². The van der Waals surface area contributed by atoms with Crippen molar-refractivity contribution in [2.45, 2.75) is 13.8 Å². The number of rotatable bonds is 4. The van der Waals surface area contributed by atoms with E-state index < -0.39 is 0 Å². The van der Waals surface area contributed by atoms with Crippen LogP contribution >= 0.6 is 0 Å². The van der Waals surface area contributed by atoms with Crippen LogP contribution in [-0.4, -0.2) is 10.9 Å². The minimum atomic E-state index is -0.236. The van der Waals surface area contributed by atoms with Crippen molar-refractivity contribution in [2.75, 3.05) is 5.32 Å². The number of nitrogens with zero attached hydrogens (tertiary/aromatic N) is 1. The summed E-state index contributed by atoms with van der Waals surface area (Å²) in [6.45, 7) is 3.95. The molecule has 1 N–H and O–H groups in total. The molecule has 0 unspecified atom stereocenters. The molecule has 0 fully saturated rings. The van der Waals surface area contributed by atoms with Gasteiger partial charge in [-0.15, -0.1) is 0 Å². The van der Waals surface area contributed by atoms with E-state index in [4.69, 9.17) is 8.83 Å². The van der Waals surface area contributed by atoms with Gasteiger partial charge in [-0.05, 0) is 67.4 Å². The fourth-order valence-electron chi connectivity index (χ4n) is 2.87. The first-order valence-electron chi connectivity index (χ1n) is 8.60. The molecule has 5 heteroatoms. The van der Waals surface area contributed by atoms with Gasteiger partial charge in [0.25, 0.3) is 0 Å². The second-order valence-corrected chi connectivity index (χ2v) is 6.31. The Morgan fingerprint density at radius 3 is 2.81 bits per heavy atom. The zero-order valence-corrected chi connectivity index (χ0v) is 15.0. The number of furan rings is 1. The molecule has 0 aliphatic carbocycles. The second-order valence-electron chi connectivity index (χ2n) is 6.31. The Balaban J connectivity index is 1.61. The number of aromatic nitrogens is 1. The van der Waals surface area contributed by atoms with Crippen molar-refractivity contribution < 1.29 is 13.6 Å². The molecule has 2 aromatic carbocycles. The quantitative estimate of drug-likeness (QED) is 0.499. The van der Waals surface area contributed by atoms with Crippen LogP contribution in [-0.2, 0) is 4.79 Å². The molecule has 2 aromatic heterocycles. The number of hydrogen-bond donors (Lipinski definition) is 1. The number of carbonyl (C=O) groups is 1. The normalized spacial score (nSPS) is 11.3. The molecule has 134 valence electrons. The molecule has 2 heterocycles. The van der Waals surface area contributed by atoms with E-state index in [0.717, 1.165) is 27.8 Å². The average Bonchev–Trinajstić information content (AvgIpc) is 3.30. The third kappa shape index (κ3) is 3.53. The van der Waals surface area contributed by atoms with Gasteiger partial charge in [0, 0.05) is 17.3 Å². The lowest BCUT2D eigenvalue weighted by atomic mass is 10.1. The zero-order chi connectivity index (χ0) is 18.8. The number of aryl methyl sites for hydroxylation is 1. The zero-order valence-electron chi connectivity index (χ0n) is 15.0. The van der Waals surface area contributed by atoms with Gasteiger partial charge in [-0.3, -0.25) is 4.79 Å². The van der Waals surface area contributed by atoms with E-state index in [1.807, 2.05) is 50.2 Å². The Kier molecular flexibility index (Phi) is 4.34. The Hall–Kier alpha value is -3.60. The van der Waals surface area contributed by atoms with Gasteiger partial charge < -0.3 is 14.2 Å². The number of anilines is 1. The van der Waals surface area contributed by atoms with Gasteiger partial charge in [0.05, 0.1) is 6.26 Å². The fraction of sp³-hybridized carbons (Fsp3) is 0.0909. The van der Waals surface area contributed by atoms with E-state index >= 15 is 0 Å². The van der Waals surface area contributed by atoms with E-state index in [1.54, 1.807) is 24.5 Å². The smallest absolute Gasteiger partial charge is 0.248 e. The van der Waals surface area contributed by atoms with Crippen molar-refractivity contribution in [3.63, 3.8) is 0 Å². The van der Waals surface area contributed by atoms with Crippen molar-refractivity contribution >= 4 is 28.8 Å². The van der Waals surface area contributed by atoms with Crippen molar-refractivity contribution in [2.24, 2.45) is 0 Å². The Labute approximate surface area is 156 Å². The molecular weight excluding hydrogens is 340 g/mol. The summed E-state index contributed by atoms with van der Waals surface area (Å²) >= 11 is 0. The van der Waals surface area contributed by atoms with Crippen LogP contribution in [0.3, 0.4) is 0 Å². The summed E-state index contributed by atoms with van der Waals surface area (Å²) in [6, 6.07) is 15.1. The van der Waals surface area contributed by atoms with Crippen molar-refractivity contribution in [3.05, 3.63) is 77.8 Å². The van der Waals surface area contributed by atoms with E-state index in [9.17, 15) is 4.79 Å². The number of fused-ring (bicyclic) bond motifs is 1. The number of amides is 1. The molecule has 0 bridgehead atoms. The minimum absolute atomic E-state index is 0.236. The van der Waals surface area contributed by atoms with E-state index in [0.29, 0.717) is 17.3 Å². The number of benzene rings is 2. The number of nitrogens with one attached hydrogen (secondary N) is 1. The summed E-state index contributed by atoms with van der Waals surface area (Å²) in [6.07, 6.45) is 4.62. The van der Waals surface area contributed by atoms with Crippen LogP contribution in [0.2, 0.25) is 0 Å². The van der Waals surface area contributed by atoms with Crippen LogP contribution in [0.25, 0.3) is 28.6 Å². The lowest BCUT2D eigenvalue weighted by Gasteiger charge is -2.09. The summed E-state index contributed by atoms with van der Waals surface area (Å²) in [7, 11) is 0. The first-order chi connectivity index (χ1) is 13.1. The van der Waals surface area contributed by atoms with E-state index in [-0.39, 0.29) is 5.91 Å². The highest BCUT2D eigenvalue weighted by atomic mass is 16.3. The van der Waals surface area contributed by atoms with Crippen LogP contribution < -0.4 is 5.32 Å². The van der Waals surface area contributed by atoms with Crippen LogP contribution in [0.4, 0.5) is 5.69 Å². The molecule has 4 aromatic rings. The van der Waals surface area contributed by atoms with Crippen molar-refractivity contribution in [3.8, 4) is 11.5 Å². The van der Waals surface area contributed by atoms with Crippen LogP contribution in [0.1, 0.15) is 16.9 Å². The lowest BCUT2D eigenvalue weighted by Crippen LogP contribution is -2.09. The summed E-state index contributed by atoms with van der Waals surface area (Å²) in [5.74, 6) is 0.924. The maximum Gasteiger partial charge on any atom is 0.248 e. The molecule has 5 nitrogen and oxygen atoms in total. The highest BCUT2D eigenvalue weighted by molar-refractivity contribution is 6.02. The molecule has 0 saturated heterocycles. The topological polar surface area (TPSA) is 68.3 Å². The molecule has 1 amide bonds. The van der Waals surface area contributed by atoms with Gasteiger partial charge in [-0.1, -0.05) is 12.1 Å². The van der Waals surface area contributed by atoms with Gasteiger partial charge >= 0.3 is 0 Å². The maximum atomic E-state index is 12.2. The predicted molar refractivity (Wildman–Crippen MR) is 105 cm³/mol. The molecule has 0 spiro atoms. The molecule has 0 saturated carbocycles. The number of oxazole rings is 1. The fourth-order valence-corrected chi connectivity index (χ4v) is 2.87. The Morgan fingerprint density at radius 1 is 1.11 bits per heavy atom. The van der Waals surface area contributed by atoms with Crippen LogP contribution in [0.15, 0.2) is 69.7 Å². The summed E-state index contributed by atoms with van der Waals surface area (Å²) in [5, 5.41) is 2.89. The van der Waals surface area contributed by atoms with Gasteiger partial charge in [0.15, 0.2) is 5.58 Å². The van der Waals surface area contributed by atoms with Gasteiger partial charge in [-0.2, -0.15) is 0 Å². The van der Waals surface area contributed by atoms with E-state index in [1.165, 1.54) is 6.08 Å². The van der Waals surface area contributed by atoms with Gasteiger partial charge in [0.1, 0.15) is 11.3 Å². The molecule has 0 aliphatic rings. The molecule has 0 aliphatic heterocycles. The summed E-state index contributed by atoms with van der Waals surface area (Å²) < 4.78 is 11.1. The number of carbonyl (C=O) groups excluding carboxylic acids is 1. The molecule has 4 rings (SSSR count). The third-order valence-corrected chi connectivity index (χ3v) is 4.31. The lowest BCUT2D eigenvalue weighted by molar-refractivity contribution is -0.111. The molecule has 27 heavy (non-hydrogen) atoms. The standard InChI is InChI=1S/C22H18N2O3/c1-14-8-10-20-19(13-14)24-22(27-20)17-6-3-7-18(15(17)2)23-21(25)11-9-16-5-4-12-26-16/h3-13H,1-2H3,(H,23,25). The first-order valence-corrected chi connectivity index (χ1v) is 8.60. The maximum absolute atomic E-state index is 12.2. The highest BCUT2D eigenvalue weighted by Gasteiger charge is 2.13. The Morgan fingerprint density at radius 2 is 2.00 bits per heavy atom. The molecule has 0 atom stereocenters. The molecule has 0 radical (unpaired) electrons. The monoisotopic (exact) mass is 358 g/mol. The largest absolute Gasteiger partial charge is 0.465 e. The van der Waals surface area contributed by atoms with E-state index in [2.05, 4.69) is 10.3 Å². The average molecular weight is 358 g/mol. The predicted octanol–water partition coefficient (Wildman–Crippen LogP) is 5.36. The number of hydrogen-bond acceptors (Lipinski definition) is 4. The highest BCUT2D eigenvalue weighted by Crippen LogP contribution is 2.30. The van der Waals surface area contributed by atoms with Crippen molar-refractivity contribution in [1.29, 1.82) is 0 Å². The Bertz CT molecular complexity index is 1140. The second kappa shape index (κ2) is 6.96. The third-order valence-electron chi connectivity index (χ3n) is 4.31. The summed E-state index contributed by atoms with van der Waals surface area (Å²) in [4.78, 5) is 16.8. The van der Waals surface area contributed by atoms with Crippen LogP contribution in [0, 0.1) is 13.8 Å². The SMILES string of the molecule is Cc1ccc2oc(-c3cccc(NC(=O)C=Cc4ccco4)c3C)nc2c1. The minimum Gasteiger partial charge on any atom is -0.465 e. The summed E-state index contributed by atoms with van der Waals surface area (Å²) in [5.41, 5.74) is 5.13. The van der Waals surface area contributed by atoms with Gasteiger partial charge in [0.2, 0.25) is 11.8 Å². The van der Waals surface area contributed by atoms with Gasteiger partial charge in [-0.25, -0.2) is 4.98 Å². The first kappa shape index (κ1) is 16.8. The van der Waals surface area contributed by atoms with Crippen molar-refractivity contribution in [1.82, 2.24) is 4.98 Å². The molecular formula is C22H18N2O3.